The molecule has 1 aromatic rings. The second kappa shape index (κ2) is 6.49. The number of carbonyl (C=O) groups is 1. The predicted octanol–water partition coefficient (Wildman–Crippen LogP) is 4.49. The number of nitrogens with zero attached hydrogens (tertiary/aromatic N) is 1. The fourth-order valence-electron chi connectivity index (χ4n) is 3.41. The van der Waals surface area contributed by atoms with Gasteiger partial charge in [-0.05, 0) is 54.7 Å². The topological polar surface area (TPSA) is 20.3 Å². The van der Waals surface area contributed by atoms with Gasteiger partial charge in [0.15, 0.2) is 0 Å². The lowest BCUT2D eigenvalue weighted by Crippen LogP contribution is -2.24. The van der Waals surface area contributed by atoms with Gasteiger partial charge in [-0.1, -0.05) is 31.2 Å². The van der Waals surface area contributed by atoms with Crippen LogP contribution in [0.2, 0.25) is 0 Å². The van der Waals surface area contributed by atoms with E-state index in [0.29, 0.717) is 5.92 Å². The van der Waals surface area contributed by atoms with Gasteiger partial charge in [-0.3, -0.25) is 4.79 Å². The van der Waals surface area contributed by atoms with Crippen molar-refractivity contribution < 1.29 is 4.79 Å². The van der Waals surface area contributed by atoms with Crippen LogP contribution in [0.25, 0.3) is 0 Å². The largest absolute Gasteiger partial charge is 0.306 e. The van der Waals surface area contributed by atoms with Crippen molar-refractivity contribution in [2.75, 3.05) is 12.3 Å². The summed E-state index contributed by atoms with van der Waals surface area (Å²) in [5.74, 6) is 2.45. The van der Waals surface area contributed by atoms with Crippen LogP contribution in [-0.2, 0) is 11.2 Å². The van der Waals surface area contributed by atoms with Gasteiger partial charge in [0.25, 0.3) is 0 Å². The molecule has 118 valence electrons. The minimum atomic E-state index is 0.165. The summed E-state index contributed by atoms with van der Waals surface area (Å²) in [7, 11) is 0. The lowest BCUT2D eigenvalue weighted by atomic mass is 9.91. The lowest BCUT2D eigenvalue weighted by Gasteiger charge is -2.18. The van der Waals surface area contributed by atoms with Crippen LogP contribution in [0.5, 0.6) is 0 Å². The van der Waals surface area contributed by atoms with Gasteiger partial charge in [0.05, 0.1) is 5.03 Å². The quantitative estimate of drug-likeness (QED) is 0.816. The van der Waals surface area contributed by atoms with Gasteiger partial charge in [-0.2, -0.15) is 0 Å². The normalized spacial score (nSPS) is 21.4. The summed E-state index contributed by atoms with van der Waals surface area (Å²) in [5, 5.41) is 1.15. The van der Waals surface area contributed by atoms with Crippen LogP contribution in [0.15, 0.2) is 29.3 Å². The summed E-state index contributed by atoms with van der Waals surface area (Å²) in [6, 6.07) is 6.72. The summed E-state index contributed by atoms with van der Waals surface area (Å²) < 4.78 is 0. The number of rotatable bonds is 4. The molecule has 1 saturated carbocycles. The highest BCUT2D eigenvalue weighted by Gasteiger charge is 2.28. The number of hydrogen-bond donors (Lipinski definition) is 0. The first-order chi connectivity index (χ1) is 10.6. The van der Waals surface area contributed by atoms with Crippen LogP contribution in [0.4, 0.5) is 0 Å². The van der Waals surface area contributed by atoms with Gasteiger partial charge in [0.2, 0.25) is 5.91 Å². The van der Waals surface area contributed by atoms with E-state index in [1.54, 1.807) is 12.5 Å². The molecular formula is C19H25NOS. The van der Waals surface area contributed by atoms with E-state index in [0.717, 1.165) is 29.7 Å². The Morgan fingerprint density at radius 1 is 1.45 bits per heavy atom. The van der Waals surface area contributed by atoms with Crippen molar-refractivity contribution in [3.8, 4) is 0 Å². The lowest BCUT2D eigenvalue weighted by molar-refractivity contribution is -0.126. The first-order valence-corrected chi connectivity index (χ1v) is 9.26. The van der Waals surface area contributed by atoms with E-state index in [4.69, 9.17) is 0 Å². The number of benzene rings is 1. The zero-order valence-electron chi connectivity index (χ0n) is 13.8. The molecule has 3 heteroatoms. The van der Waals surface area contributed by atoms with E-state index in [9.17, 15) is 4.79 Å². The zero-order chi connectivity index (χ0) is 15.7. The van der Waals surface area contributed by atoms with Gasteiger partial charge >= 0.3 is 0 Å². The summed E-state index contributed by atoms with van der Waals surface area (Å²) in [6.45, 7) is 7.03. The average molecular weight is 315 g/mol. The Kier molecular flexibility index (Phi) is 4.62. The third kappa shape index (κ3) is 3.40. The van der Waals surface area contributed by atoms with Crippen molar-refractivity contribution in [3.05, 3.63) is 46.0 Å². The van der Waals surface area contributed by atoms with Crippen molar-refractivity contribution in [1.82, 2.24) is 4.90 Å². The Hall–Kier alpha value is -1.22. The fraction of sp³-hybridized carbons (Fsp3) is 0.526. The minimum absolute atomic E-state index is 0.165. The van der Waals surface area contributed by atoms with Gasteiger partial charge < -0.3 is 4.90 Å². The van der Waals surface area contributed by atoms with E-state index in [1.165, 1.54) is 24.0 Å². The van der Waals surface area contributed by atoms with E-state index in [1.807, 2.05) is 16.7 Å². The van der Waals surface area contributed by atoms with Crippen molar-refractivity contribution in [2.24, 2.45) is 5.92 Å². The van der Waals surface area contributed by atoms with Crippen LogP contribution in [0.3, 0.4) is 0 Å². The molecule has 0 aromatic heterocycles. The fourth-order valence-corrected chi connectivity index (χ4v) is 4.59. The first kappa shape index (κ1) is 15.7. The third-order valence-corrected chi connectivity index (χ3v) is 5.62. The molecule has 2 fully saturated rings. The number of aryl methyl sites for hydroxylation is 1. The Labute approximate surface area is 138 Å². The van der Waals surface area contributed by atoms with Crippen molar-refractivity contribution in [3.63, 3.8) is 0 Å². The van der Waals surface area contributed by atoms with Crippen LogP contribution in [-0.4, -0.2) is 23.1 Å². The highest BCUT2D eigenvalue weighted by atomic mass is 32.2. The molecule has 2 aliphatic rings. The van der Waals surface area contributed by atoms with Crippen LogP contribution >= 0.6 is 11.8 Å². The molecule has 22 heavy (non-hydrogen) atoms. The molecule has 1 aliphatic heterocycles. The van der Waals surface area contributed by atoms with E-state index in [-0.39, 0.29) is 5.91 Å². The SMILES string of the molecule is CC(=O)N1CCS/C1=C\C(C)Cc1cccc(C)c1C1CC1. The zero-order valence-corrected chi connectivity index (χ0v) is 14.6. The molecule has 0 spiro atoms. The van der Waals surface area contributed by atoms with Crippen LogP contribution in [0.1, 0.15) is 49.3 Å². The van der Waals surface area contributed by atoms with Crippen LogP contribution in [0, 0.1) is 12.8 Å². The van der Waals surface area contributed by atoms with Crippen molar-refractivity contribution in [1.29, 1.82) is 0 Å². The van der Waals surface area contributed by atoms with Gasteiger partial charge in [-0.15, -0.1) is 11.8 Å². The highest BCUT2D eigenvalue weighted by molar-refractivity contribution is 8.03. The molecule has 1 heterocycles. The Morgan fingerprint density at radius 2 is 2.23 bits per heavy atom. The molecule has 1 saturated heterocycles. The van der Waals surface area contributed by atoms with E-state index in [2.05, 4.69) is 38.1 Å². The maximum Gasteiger partial charge on any atom is 0.224 e. The molecule has 1 amide bonds. The van der Waals surface area contributed by atoms with Crippen LogP contribution < -0.4 is 0 Å². The highest BCUT2D eigenvalue weighted by Crippen LogP contribution is 2.43. The second-order valence-electron chi connectivity index (χ2n) is 6.63. The number of carbonyl (C=O) groups excluding carboxylic acids is 1. The third-order valence-electron chi connectivity index (χ3n) is 4.58. The molecule has 0 bridgehead atoms. The predicted molar refractivity (Wildman–Crippen MR) is 94.0 cm³/mol. The standard InChI is InChI=1S/C19H25NOS/c1-13(12-18-20(15(3)21)9-10-22-18)11-17-6-4-5-14(2)19(17)16-7-8-16/h4-6,12-13,16H,7-11H2,1-3H3/b18-12-. The molecule has 0 radical (unpaired) electrons. The van der Waals surface area contributed by atoms with E-state index < -0.39 is 0 Å². The number of hydrogen-bond acceptors (Lipinski definition) is 2. The van der Waals surface area contributed by atoms with Crippen molar-refractivity contribution >= 4 is 17.7 Å². The van der Waals surface area contributed by atoms with Gasteiger partial charge in [0.1, 0.15) is 0 Å². The summed E-state index contributed by atoms with van der Waals surface area (Å²) in [5.41, 5.74) is 4.54. The molecule has 1 aliphatic carbocycles. The maximum absolute atomic E-state index is 11.7. The van der Waals surface area contributed by atoms with Crippen molar-refractivity contribution in [2.45, 2.75) is 46.0 Å². The summed E-state index contributed by atoms with van der Waals surface area (Å²) in [4.78, 5) is 13.6. The molecule has 0 N–H and O–H groups in total. The molecule has 1 aromatic carbocycles. The Morgan fingerprint density at radius 3 is 2.91 bits per heavy atom. The molecule has 3 rings (SSSR count). The first-order valence-electron chi connectivity index (χ1n) is 8.27. The number of allylic oxidation sites excluding steroid dienone is 1. The monoisotopic (exact) mass is 315 g/mol. The van der Waals surface area contributed by atoms with Gasteiger partial charge in [0, 0.05) is 19.2 Å². The summed E-state index contributed by atoms with van der Waals surface area (Å²) in [6.07, 6.45) is 6.06. The number of thioether (sulfide) groups is 1. The van der Waals surface area contributed by atoms with E-state index >= 15 is 0 Å². The molecule has 1 unspecified atom stereocenters. The number of amides is 1. The molecule has 1 atom stereocenters. The second-order valence-corrected chi connectivity index (χ2v) is 7.74. The maximum atomic E-state index is 11.7. The minimum Gasteiger partial charge on any atom is -0.306 e. The average Bonchev–Trinajstić information content (AvgIpc) is 3.17. The van der Waals surface area contributed by atoms with Gasteiger partial charge in [-0.25, -0.2) is 0 Å². The summed E-state index contributed by atoms with van der Waals surface area (Å²) >= 11 is 1.81. The smallest absolute Gasteiger partial charge is 0.224 e. The molecular weight excluding hydrogens is 290 g/mol. The Bertz CT molecular complexity index is 603. The Balaban J connectivity index is 1.76. The molecule has 2 nitrogen and oxygen atoms in total.